The van der Waals surface area contributed by atoms with Crippen LogP contribution in [0.3, 0.4) is 0 Å². The van der Waals surface area contributed by atoms with Crippen LogP contribution in [0.2, 0.25) is 5.28 Å². The van der Waals surface area contributed by atoms with Crippen LogP contribution in [0.25, 0.3) is 21.0 Å². The third kappa shape index (κ3) is 4.54. The van der Waals surface area contributed by atoms with Crippen molar-refractivity contribution >= 4 is 61.4 Å². The Hall–Kier alpha value is -3.54. The number of carbonyl (C=O) groups excluding carboxylic acids is 2. The number of hydrogen-bond acceptors (Lipinski definition) is 9. The number of nitrogens with zero attached hydrogens (tertiary/aromatic N) is 5. The van der Waals surface area contributed by atoms with Gasteiger partial charge in [0.15, 0.2) is 0 Å². The maximum atomic E-state index is 12.7. The second kappa shape index (κ2) is 9.40. The van der Waals surface area contributed by atoms with Crippen molar-refractivity contribution in [1.82, 2.24) is 30.1 Å². The average Bonchev–Trinajstić information content (AvgIpc) is 3.19. The van der Waals surface area contributed by atoms with E-state index in [2.05, 4.69) is 20.6 Å². The fourth-order valence-electron chi connectivity index (χ4n) is 4.61. The highest BCUT2D eigenvalue weighted by molar-refractivity contribution is 7.21. The van der Waals surface area contributed by atoms with Gasteiger partial charge in [-0.25, -0.2) is 9.97 Å². The van der Waals surface area contributed by atoms with Gasteiger partial charge < -0.3 is 20.3 Å². The summed E-state index contributed by atoms with van der Waals surface area (Å²) in [6.07, 6.45) is 1.62. The Morgan fingerprint density at radius 1 is 1.19 bits per heavy atom. The molecule has 5 heterocycles. The molecule has 1 fully saturated rings. The number of carbonyl (C=O) groups is 2. The van der Waals surface area contributed by atoms with Crippen molar-refractivity contribution in [3.05, 3.63) is 46.2 Å². The first-order valence-electron chi connectivity index (χ1n) is 11.9. The number of pyridine rings is 1. The number of ether oxygens (including phenoxy) is 1. The number of anilines is 1. The van der Waals surface area contributed by atoms with Gasteiger partial charge >= 0.3 is 0 Å². The van der Waals surface area contributed by atoms with Crippen molar-refractivity contribution in [2.45, 2.75) is 19.5 Å². The molecule has 190 valence electrons. The first kappa shape index (κ1) is 23.8. The first-order chi connectivity index (χ1) is 17.9. The number of benzene rings is 1. The first-order valence-corrected chi connectivity index (χ1v) is 13.1. The number of likely N-dealkylation sites (N-methyl/N-ethyl adjacent to an activating group) is 1. The molecule has 0 spiro atoms. The maximum Gasteiger partial charge on any atom is 0.263 e. The van der Waals surface area contributed by atoms with Crippen molar-refractivity contribution in [1.29, 1.82) is 0 Å². The van der Waals surface area contributed by atoms with Crippen molar-refractivity contribution < 1.29 is 14.3 Å². The SMILES string of the molecule is C[C@@H]1CNc2c(sc3ccc4nc(Oc5nc(Cl)ncc5CN5CCN(C)C(=O)C5)ccc4c23)C(=O)N1. The zero-order valence-electron chi connectivity index (χ0n) is 20.2. The zero-order valence-corrected chi connectivity index (χ0v) is 21.8. The molecule has 6 rings (SSSR count). The predicted molar refractivity (Wildman–Crippen MR) is 143 cm³/mol. The van der Waals surface area contributed by atoms with Gasteiger partial charge in [-0.3, -0.25) is 14.5 Å². The predicted octanol–water partition coefficient (Wildman–Crippen LogP) is 3.50. The summed E-state index contributed by atoms with van der Waals surface area (Å²) >= 11 is 7.55. The second-order valence-electron chi connectivity index (χ2n) is 9.31. The number of amides is 2. The minimum Gasteiger partial charge on any atom is -0.420 e. The summed E-state index contributed by atoms with van der Waals surface area (Å²) < 4.78 is 7.11. The molecule has 2 aliphatic heterocycles. The van der Waals surface area contributed by atoms with Gasteiger partial charge in [0.2, 0.25) is 23.0 Å². The third-order valence-corrected chi connectivity index (χ3v) is 7.93. The number of aromatic nitrogens is 3. The Kier molecular flexibility index (Phi) is 6.06. The number of nitrogens with one attached hydrogen (secondary N) is 2. The van der Waals surface area contributed by atoms with E-state index < -0.39 is 0 Å². The van der Waals surface area contributed by atoms with Crippen LogP contribution in [-0.2, 0) is 11.3 Å². The van der Waals surface area contributed by atoms with Gasteiger partial charge in [-0.15, -0.1) is 11.3 Å². The molecule has 2 aliphatic rings. The molecule has 4 aromatic rings. The molecule has 37 heavy (non-hydrogen) atoms. The molecule has 1 aromatic carbocycles. The van der Waals surface area contributed by atoms with E-state index in [-0.39, 0.29) is 23.1 Å². The molecule has 12 heteroatoms. The molecule has 0 aliphatic carbocycles. The van der Waals surface area contributed by atoms with Gasteiger partial charge in [0, 0.05) is 72.6 Å². The van der Waals surface area contributed by atoms with Crippen LogP contribution in [0.5, 0.6) is 11.8 Å². The quantitative estimate of drug-likeness (QED) is 0.380. The van der Waals surface area contributed by atoms with Crippen molar-refractivity contribution in [3.63, 3.8) is 0 Å². The Balaban J connectivity index is 1.32. The molecule has 0 radical (unpaired) electrons. The monoisotopic (exact) mass is 537 g/mol. The topological polar surface area (TPSA) is 113 Å². The lowest BCUT2D eigenvalue weighted by Crippen LogP contribution is -2.48. The fraction of sp³-hybridized carbons (Fsp3) is 0.320. The van der Waals surface area contributed by atoms with Crippen molar-refractivity contribution in [2.24, 2.45) is 0 Å². The molecule has 0 bridgehead atoms. The lowest BCUT2D eigenvalue weighted by molar-refractivity contribution is -0.134. The van der Waals surface area contributed by atoms with Gasteiger partial charge in [-0.1, -0.05) is 0 Å². The normalized spacial score (nSPS) is 18.5. The Bertz CT molecular complexity index is 1560. The van der Waals surface area contributed by atoms with Gasteiger partial charge in [0.1, 0.15) is 4.88 Å². The van der Waals surface area contributed by atoms with Gasteiger partial charge in [-0.2, -0.15) is 4.98 Å². The van der Waals surface area contributed by atoms with E-state index in [1.165, 1.54) is 11.3 Å². The highest BCUT2D eigenvalue weighted by Crippen LogP contribution is 2.41. The van der Waals surface area contributed by atoms with Crippen LogP contribution in [0, 0.1) is 0 Å². The largest absolute Gasteiger partial charge is 0.420 e. The van der Waals surface area contributed by atoms with E-state index in [1.54, 1.807) is 24.2 Å². The molecule has 2 amide bonds. The summed E-state index contributed by atoms with van der Waals surface area (Å²) in [7, 11) is 1.80. The van der Waals surface area contributed by atoms with Crippen LogP contribution < -0.4 is 15.4 Å². The van der Waals surface area contributed by atoms with E-state index >= 15 is 0 Å². The molecule has 0 unspecified atom stereocenters. The van der Waals surface area contributed by atoms with Gasteiger partial charge in [-0.05, 0) is 36.7 Å². The smallest absolute Gasteiger partial charge is 0.263 e. The molecule has 0 saturated carbocycles. The molecule has 2 N–H and O–H groups in total. The standard InChI is InChI=1S/C25H24ClN7O3S/c1-13-9-27-21-20-15-3-6-18(30-16(15)4-5-17(20)37-22(21)23(35)29-13)36-24-14(10-28-25(26)31-24)11-33-8-7-32(2)19(34)12-33/h3-6,10,13,27H,7-9,11-12H2,1-2H3,(H,29,35)/t13-/m1/s1. The van der Waals surface area contributed by atoms with E-state index in [4.69, 9.17) is 21.3 Å². The number of rotatable bonds is 4. The summed E-state index contributed by atoms with van der Waals surface area (Å²) in [5.74, 6) is 0.665. The van der Waals surface area contributed by atoms with Crippen LogP contribution >= 0.6 is 22.9 Å². The number of halogens is 1. The number of piperazine rings is 1. The molecular formula is C25H24ClN7O3S. The van der Waals surface area contributed by atoms with Crippen LogP contribution in [-0.4, -0.2) is 75.8 Å². The minimum absolute atomic E-state index is 0.0353. The summed E-state index contributed by atoms with van der Waals surface area (Å²) in [4.78, 5) is 42.4. The Morgan fingerprint density at radius 3 is 2.89 bits per heavy atom. The van der Waals surface area contributed by atoms with Crippen molar-refractivity contribution in [3.8, 4) is 11.8 Å². The third-order valence-electron chi connectivity index (χ3n) is 6.59. The number of fused-ring (bicyclic) bond motifs is 5. The lowest BCUT2D eigenvalue weighted by atomic mass is 10.1. The number of thiophene rings is 1. The highest BCUT2D eigenvalue weighted by Gasteiger charge is 2.25. The van der Waals surface area contributed by atoms with E-state index in [0.29, 0.717) is 48.4 Å². The second-order valence-corrected chi connectivity index (χ2v) is 10.7. The van der Waals surface area contributed by atoms with Crippen molar-refractivity contribution in [2.75, 3.05) is 38.5 Å². The van der Waals surface area contributed by atoms with E-state index in [0.717, 1.165) is 33.2 Å². The summed E-state index contributed by atoms with van der Waals surface area (Å²) in [6.45, 7) is 4.79. The summed E-state index contributed by atoms with van der Waals surface area (Å²) in [6, 6.07) is 7.66. The van der Waals surface area contributed by atoms with Gasteiger partial charge in [0.25, 0.3) is 5.91 Å². The molecule has 1 atom stereocenters. The van der Waals surface area contributed by atoms with Gasteiger partial charge in [0.05, 0.1) is 17.7 Å². The number of hydrogen-bond donors (Lipinski definition) is 2. The lowest BCUT2D eigenvalue weighted by Gasteiger charge is -2.31. The van der Waals surface area contributed by atoms with E-state index in [9.17, 15) is 9.59 Å². The van der Waals surface area contributed by atoms with Crippen LogP contribution in [0.15, 0.2) is 30.5 Å². The highest BCUT2D eigenvalue weighted by atomic mass is 35.5. The Morgan fingerprint density at radius 2 is 2.05 bits per heavy atom. The molecule has 10 nitrogen and oxygen atoms in total. The minimum atomic E-state index is -0.0648. The Labute approximate surface area is 221 Å². The summed E-state index contributed by atoms with van der Waals surface area (Å²) in [5.41, 5.74) is 2.29. The maximum absolute atomic E-state index is 12.7. The average molecular weight is 538 g/mol. The van der Waals surface area contributed by atoms with Crippen LogP contribution in [0.1, 0.15) is 22.2 Å². The zero-order chi connectivity index (χ0) is 25.7. The molecule has 3 aromatic heterocycles. The van der Waals surface area contributed by atoms with Crippen LogP contribution in [0.4, 0.5) is 5.69 Å². The fourth-order valence-corrected chi connectivity index (χ4v) is 5.84. The van der Waals surface area contributed by atoms with E-state index in [1.807, 2.05) is 30.0 Å². The summed E-state index contributed by atoms with van der Waals surface area (Å²) in [5, 5.41) is 8.42. The molecule has 1 saturated heterocycles. The molecular weight excluding hydrogens is 514 g/mol.